The van der Waals surface area contributed by atoms with E-state index in [1.807, 2.05) is 0 Å². The van der Waals surface area contributed by atoms with Crippen LogP contribution in [0.15, 0.2) is 18.7 Å². The number of primary amides is 1. The minimum Gasteiger partial charge on any atom is -0.376 e. The Balaban J connectivity index is 2.88. The number of carbonyl (C=O) groups excluding carboxylic acids is 1. The third-order valence-electron chi connectivity index (χ3n) is 1.27. The van der Waals surface area contributed by atoms with Crippen LogP contribution in [-0.4, -0.2) is 27.8 Å². The van der Waals surface area contributed by atoms with Crippen molar-refractivity contribution in [3.8, 4) is 0 Å². The molecule has 6 nitrogen and oxygen atoms in total. The van der Waals surface area contributed by atoms with Gasteiger partial charge in [0.25, 0.3) is 0 Å². The molecule has 0 unspecified atom stereocenters. The van der Waals surface area contributed by atoms with Crippen molar-refractivity contribution in [3.63, 3.8) is 0 Å². The molecule has 3 N–H and O–H groups in total. The molecule has 1 rings (SSSR count). The van der Waals surface area contributed by atoms with Crippen LogP contribution in [0.4, 0.5) is 10.5 Å². The first-order chi connectivity index (χ1) is 5.75. The first-order valence-electron chi connectivity index (χ1n) is 3.18. The molecular formula is C6H8N4O2. The molecule has 0 fully saturated rings. The van der Waals surface area contributed by atoms with Gasteiger partial charge in [-0.2, -0.15) is 0 Å². The van der Waals surface area contributed by atoms with Crippen molar-refractivity contribution in [3.05, 3.63) is 18.7 Å². The number of rotatable bonds is 2. The second kappa shape index (κ2) is 3.63. The molecule has 0 aliphatic rings. The van der Waals surface area contributed by atoms with Gasteiger partial charge >= 0.3 is 6.03 Å². The van der Waals surface area contributed by atoms with E-state index in [9.17, 15) is 4.79 Å². The van der Waals surface area contributed by atoms with Gasteiger partial charge in [0.05, 0.1) is 18.1 Å². The third kappa shape index (κ3) is 1.67. The largest absolute Gasteiger partial charge is 0.376 e. The molecule has 1 aromatic rings. The van der Waals surface area contributed by atoms with Crippen molar-refractivity contribution >= 4 is 11.7 Å². The standard InChI is InChI=1S/C6H8N4O2/c7-6(12)10(4-11)5-1-8-3-9-2-5/h1-3,11H,4H2,(H2,7,12). The number of nitrogens with two attached hydrogens (primary N) is 1. The predicted octanol–water partition coefficient (Wildman–Crippen LogP) is -0.689. The first kappa shape index (κ1) is 8.41. The minimum atomic E-state index is -0.743. The highest BCUT2D eigenvalue weighted by Gasteiger charge is 2.09. The molecule has 0 aliphatic carbocycles. The average molecular weight is 168 g/mol. The lowest BCUT2D eigenvalue weighted by molar-refractivity contribution is 0.239. The fourth-order valence-electron chi connectivity index (χ4n) is 0.709. The van der Waals surface area contributed by atoms with E-state index < -0.39 is 12.8 Å². The summed E-state index contributed by atoms with van der Waals surface area (Å²) in [5.41, 5.74) is 5.32. The van der Waals surface area contributed by atoms with Crippen molar-refractivity contribution in [2.75, 3.05) is 11.6 Å². The topological polar surface area (TPSA) is 92.3 Å². The normalized spacial score (nSPS) is 9.42. The van der Waals surface area contributed by atoms with Crippen LogP contribution in [-0.2, 0) is 0 Å². The predicted molar refractivity (Wildman–Crippen MR) is 41.2 cm³/mol. The Morgan fingerprint density at radius 3 is 2.58 bits per heavy atom. The molecule has 6 heteroatoms. The lowest BCUT2D eigenvalue weighted by Crippen LogP contribution is -2.36. The highest BCUT2D eigenvalue weighted by Crippen LogP contribution is 2.07. The number of urea groups is 1. The van der Waals surface area contributed by atoms with E-state index in [2.05, 4.69) is 9.97 Å². The number of nitrogens with zero attached hydrogens (tertiary/aromatic N) is 3. The lowest BCUT2D eigenvalue weighted by Gasteiger charge is -2.15. The van der Waals surface area contributed by atoms with Crippen molar-refractivity contribution in [2.24, 2.45) is 5.73 Å². The number of carbonyl (C=O) groups is 1. The van der Waals surface area contributed by atoms with Crippen LogP contribution in [0.5, 0.6) is 0 Å². The zero-order valence-corrected chi connectivity index (χ0v) is 6.21. The summed E-state index contributed by atoms with van der Waals surface area (Å²) in [5.74, 6) is 0. The van der Waals surface area contributed by atoms with E-state index in [-0.39, 0.29) is 0 Å². The summed E-state index contributed by atoms with van der Waals surface area (Å²) < 4.78 is 0. The molecule has 2 amide bonds. The smallest absolute Gasteiger partial charge is 0.321 e. The Bertz CT molecular complexity index is 264. The molecule has 1 heterocycles. The average Bonchev–Trinajstić information content (AvgIpc) is 2.07. The third-order valence-corrected chi connectivity index (χ3v) is 1.27. The van der Waals surface area contributed by atoms with Gasteiger partial charge in [-0.25, -0.2) is 14.8 Å². The lowest BCUT2D eigenvalue weighted by atomic mass is 10.5. The van der Waals surface area contributed by atoms with Crippen LogP contribution in [0.25, 0.3) is 0 Å². The van der Waals surface area contributed by atoms with Crippen molar-refractivity contribution in [2.45, 2.75) is 0 Å². The summed E-state index contributed by atoms with van der Waals surface area (Å²) >= 11 is 0. The summed E-state index contributed by atoms with van der Waals surface area (Å²) in [7, 11) is 0. The van der Waals surface area contributed by atoms with Gasteiger partial charge in [0.2, 0.25) is 0 Å². The summed E-state index contributed by atoms with van der Waals surface area (Å²) in [6, 6.07) is -0.743. The number of aromatic nitrogens is 2. The Hall–Kier alpha value is -1.69. The van der Waals surface area contributed by atoms with E-state index in [0.717, 1.165) is 4.90 Å². The zero-order chi connectivity index (χ0) is 8.97. The number of anilines is 1. The molecule has 0 radical (unpaired) electrons. The Labute approximate surface area is 68.7 Å². The van der Waals surface area contributed by atoms with E-state index in [0.29, 0.717) is 5.69 Å². The summed E-state index contributed by atoms with van der Waals surface area (Å²) in [4.78, 5) is 18.9. The van der Waals surface area contributed by atoms with Crippen molar-refractivity contribution in [1.29, 1.82) is 0 Å². The Morgan fingerprint density at radius 2 is 2.17 bits per heavy atom. The maximum Gasteiger partial charge on any atom is 0.321 e. The monoisotopic (exact) mass is 168 g/mol. The Morgan fingerprint density at radius 1 is 1.58 bits per heavy atom. The highest BCUT2D eigenvalue weighted by molar-refractivity contribution is 5.89. The number of amides is 2. The van der Waals surface area contributed by atoms with Gasteiger partial charge in [-0.3, -0.25) is 4.90 Å². The van der Waals surface area contributed by atoms with E-state index in [1.165, 1.54) is 18.7 Å². The van der Waals surface area contributed by atoms with Gasteiger partial charge in [0.1, 0.15) is 13.1 Å². The minimum absolute atomic E-state index is 0.368. The van der Waals surface area contributed by atoms with E-state index in [1.54, 1.807) is 0 Å². The molecule has 0 saturated carbocycles. The first-order valence-corrected chi connectivity index (χ1v) is 3.18. The van der Waals surface area contributed by atoms with Gasteiger partial charge in [-0.15, -0.1) is 0 Å². The Kier molecular flexibility index (Phi) is 2.54. The van der Waals surface area contributed by atoms with Gasteiger partial charge in [-0.1, -0.05) is 0 Å². The second-order valence-electron chi connectivity index (χ2n) is 2.00. The van der Waals surface area contributed by atoms with Crippen molar-refractivity contribution in [1.82, 2.24) is 9.97 Å². The molecular weight excluding hydrogens is 160 g/mol. The molecule has 1 aromatic heterocycles. The molecule has 0 saturated heterocycles. The SMILES string of the molecule is NC(=O)N(CO)c1cncnc1. The van der Waals surface area contributed by atoms with Crippen LogP contribution in [0.1, 0.15) is 0 Å². The van der Waals surface area contributed by atoms with Crippen LogP contribution >= 0.6 is 0 Å². The highest BCUT2D eigenvalue weighted by atomic mass is 16.3. The maximum absolute atomic E-state index is 10.7. The van der Waals surface area contributed by atoms with Crippen LogP contribution in [0.2, 0.25) is 0 Å². The summed E-state index contributed by atoms with van der Waals surface area (Å²) in [5, 5.41) is 8.72. The number of hydrogen-bond donors (Lipinski definition) is 2. The van der Waals surface area contributed by atoms with Crippen LogP contribution < -0.4 is 10.6 Å². The van der Waals surface area contributed by atoms with Gasteiger partial charge < -0.3 is 10.8 Å². The van der Waals surface area contributed by atoms with Gasteiger partial charge in [0, 0.05) is 0 Å². The quantitative estimate of drug-likeness (QED) is 0.572. The fraction of sp³-hybridized carbons (Fsp3) is 0.167. The van der Waals surface area contributed by atoms with Gasteiger partial charge in [-0.05, 0) is 0 Å². The molecule has 12 heavy (non-hydrogen) atoms. The molecule has 64 valence electrons. The molecule has 0 aromatic carbocycles. The van der Waals surface area contributed by atoms with E-state index in [4.69, 9.17) is 10.8 Å². The zero-order valence-electron chi connectivity index (χ0n) is 6.21. The van der Waals surface area contributed by atoms with Crippen molar-refractivity contribution < 1.29 is 9.90 Å². The number of aliphatic hydroxyl groups excluding tert-OH is 1. The summed E-state index contributed by atoms with van der Waals surface area (Å²) in [6.45, 7) is -0.483. The van der Waals surface area contributed by atoms with Crippen LogP contribution in [0.3, 0.4) is 0 Å². The second-order valence-corrected chi connectivity index (χ2v) is 2.00. The molecule has 0 atom stereocenters. The molecule has 0 bridgehead atoms. The molecule has 0 spiro atoms. The number of hydrogen-bond acceptors (Lipinski definition) is 4. The summed E-state index contributed by atoms with van der Waals surface area (Å²) in [6.07, 6.45) is 4.09. The number of aliphatic hydroxyl groups is 1. The molecule has 0 aliphatic heterocycles. The van der Waals surface area contributed by atoms with Crippen LogP contribution in [0, 0.1) is 0 Å². The maximum atomic E-state index is 10.7. The van der Waals surface area contributed by atoms with Gasteiger partial charge in [0.15, 0.2) is 0 Å². The fourth-order valence-corrected chi connectivity index (χ4v) is 0.709. The van der Waals surface area contributed by atoms with E-state index >= 15 is 0 Å².